The third-order valence-corrected chi connectivity index (χ3v) is 5.17. The van der Waals surface area contributed by atoms with E-state index in [1.807, 2.05) is 30.0 Å². The molecule has 5 heteroatoms. The van der Waals surface area contributed by atoms with E-state index in [4.69, 9.17) is 9.47 Å². The van der Waals surface area contributed by atoms with Gasteiger partial charge in [0, 0.05) is 24.5 Å². The summed E-state index contributed by atoms with van der Waals surface area (Å²) in [6, 6.07) is 14.3. The van der Waals surface area contributed by atoms with E-state index in [0.29, 0.717) is 19.4 Å². The van der Waals surface area contributed by atoms with Crippen molar-refractivity contribution in [1.82, 2.24) is 5.32 Å². The van der Waals surface area contributed by atoms with Gasteiger partial charge in [0.2, 0.25) is 12.7 Å². The number of benzene rings is 2. The zero-order valence-corrected chi connectivity index (χ0v) is 15.2. The Morgan fingerprint density at radius 2 is 2.00 bits per heavy atom. The molecule has 132 valence electrons. The highest BCUT2D eigenvalue weighted by atomic mass is 32.2. The maximum Gasteiger partial charge on any atom is 0.231 e. The van der Waals surface area contributed by atoms with Crippen molar-refractivity contribution in [3.8, 4) is 11.5 Å². The summed E-state index contributed by atoms with van der Waals surface area (Å²) in [5.41, 5.74) is 3.78. The summed E-state index contributed by atoms with van der Waals surface area (Å²) in [6.45, 7) is 3.11. The van der Waals surface area contributed by atoms with Gasteiger partial charge in [-0.3, -0.25) is 4.79 Å². The molecule has 0 bridgehead atoms. The Bertz CT molecular complexity index is 733. The average Bonchev–Trinajstić information content (AvgIpc) is 3.09. The number of rotatable bonds is 8. The number of hydrogen-bond donors (Lipinski definition) is 1. The molecule has 0 atom stereocenters. The topological polar surface area (TPSA) is 47.6 Å². The maximum absolute atomic E-state index is 12.0. The molecule has 0 aromatic heterocycles. The van der Waals surface area contributed by atoms with Crippen molar-refractivity contribution in [2.75, 3.05) is 19.1 Å². The number of nitrogens with one attached hydrogen (secondary N) is 1. The third kappa shape index (κ3) is 5.16. The highest BCUT2D eigenvalue weighted by Crippen LogP contribution is 2.32. The summed E-state index contributed by atoms with van der Waals surface area (Å²) in [6.07, 6.45) is 1.20. The van der Waals surface area contributed by atoms with Crippen LogP contribution in [0.5, 0.6) is 11.5 Å². The Hall–Kier alpha value is -2.14. The van der Waals surface area contributed by atoms with Gasteiger partial charge in [0.15, 0.2) is 11.5 Å². The quantitative estimate of drug-likeness (QED) is 0.732. The average molecular weight is 357 g/mol. The third-order valence-electron chi connectivity index (χ3n) is 4.17. The monoisotopic (exact) mass is 357 g/mol. The van der Waals surface area contributed by atoms with Gasteiger partial charge < -0.3 is 14.8 Å². The first kappa shape index (κ1) is 17.7. The van der Waals surface area contributed by atoms with E-state index in [-0.39, 0.29) is 12.7 Å². The summed E-state index contributed by atoms with van der Waals surface area (Å²) in [5, 5.41) is 2.99. The molecule has 0 aliphatic carbocycles. The highest BCUT2D eigenvalue weighted by Gasteiger charge is 2.13. The van der Waals surface area contributed by atoms with Crippen molar-refractivity contribution in [3.63, 3.8) is 0 Å². The lowest BCUT2D eigenvalue weighted by Gasteiger charge is -2.07. The molecule has 1 N–H and O–H groups in total. The lowest BCUT2D eigenvalue weighted by molar-refractivity contribution is -0.120. The Morgan fingerprint density at radius 1 is 1.16 bits per heavy atom. The van der Waals surface area contributed by atoms with E-state index in [9.17, 15) is 4.79 Å². The molecule has 0 saturated heterocycles. The minimum Gasteiger partial charge on any atom is -0.454 e. The predicted octanol–water partition coefficient (Wildman–Crippen LogP) is 3.71. The number of carbonyl (C=O) groups is 1. The summed E-state index contributed by atoms with van der Waals surface area (Å²) in [4.78, 5) is 12.0. The van der Waals surface area contributed by atoms with Crippen LogP contribution < -0.4 is 14.8 Å². The van der Waals surface area contributed by atoms with Gasteiger partial charge in [-0.1, -0.05) is 30.3 Å². The molecule has 3 rings (SSSR count). The normalized spacial score (nSPS) is 12.2. The van der Waals surface area contributed by atoms with Crippen molar-refractivity contribution in [1.29, 1.82) is 0 Å². The van der Waals surface area contributed by atoms with E-state index in [2.05, 4.69) is 36.5 Å². The van der Waals surface area contributed by atoms with Gasteiger partial charge in [0.1, 0.15) is 0 Å². The van der Waals surface area contributed by atoms with Crippen molar-refractivity contribution < 1.29 is 14.3 Å². The first-order chi connectivity index (χ1) is 12.2. The van der Waals surface area contributed by atoms with E-state index in [1.54, 1.807) is 0 Å². The first-order valence-electron chi connectivity index (χ1n) is 8.50. The second-order valence-electron chi connectivity index (χ2n) is 6.02. The fourth-order valence-corrected chi connectivity index (χ4v) is 3.59. The van der Waals surface area contributed by atoms with Gasteiger partial charge in [-0.15, -0.1) is 0 Å². The number of fused-ring (bicyclic) bond motifs is 1. The zero-order valence-electron chi connectivity index (χ0n) is 14.4. The molecule has 1 heterocycles. The molecule has 25 heavy (non-hydrogen) atoms. The fourth-order valence-electron chi connectivity index (χ4n) is 2.66. The summed E-state index contributed by atoms with van der Waals surface area (Å²) >= 11 is 1.85. The number of carbonyl (C=O) groups excluding carboxylic acids is 1. The predicted molar refractivity (Wildman–Crippen MR) is 101 cm³/mol. The van der Waals surface area contributed by atoms with Crippen LogP contribution in [0, 0.1) is 6.92 Å². The van der Waals surface area contributed by atoms with Crippen molar-refractivity contribution in [2.45, 2.75) is 25.5 Å². The number of ether oxygens (including phenoxy) is 2. The Balaban J connectivity index is 1.31. The molecule has 0 spiro atoms. The van der Waals surface area contributed by atoms with Crippen LogP contribution in [0.2, 0.25) is 0 Å². The molecule has 0 fully saturated rings. The van der Waals surface area contributed by atoms with Crippen LogP contribution in [0.15, 0.2) is 42.5 Å². The molecule has 0 unspecified atom stereocenters. The van der Waals surface area contributed by atoms with Crippen LogP contribution in [0.3, 0.4) is 0 Å². The molecular weight excluding hydrogens is 334 g/mol. The molecule has 0 radical (unpaired) electrons. The molecule has 4 nitrogen and oxygen atoms in total. The van der Waals surface area contributed by atoms with E-state index in [0.717, 1.165) is 28.6 Å². The van der Waals surface area contributed by atoms with E-state index in [1.165, 1.54) is 11.1 Å². The van der Waals surface area contributed by atoms with Crippen LogP contribution >= 0.6 is 11.8 Å². The molecular formula is C20H23NO3S. The van der Waals surface area contributed by atoms with Gasteiger partial charge in [-0.25, -0.2) is 0 Å². The van der Waals surface area contributed by atoms with Gasteiger partial charge in [-0.05, 0) is 42.2 Å². The van der Waals surface area contributed by atoms with Gasteiger partial charge >= 0.3 is 0 Å². The second-order valence-corrected chi connectivity index (χ2v) is 7.12. The van der Waals surface area contributed by atoms with Crippen LogP contribution in [0.1, 0.15) is 23.1 Å². The molecule has 0 saturated carbocycles. The zero-order chi connectivity index (χ0) is 17.5. The van der Waals surface area contributed by atoms with Crippen LogP contribution in [0.4, 0.5) is 0 Å². The SMILES string of the molecule is Cc1ccccc1CSCCNC(=O)CCc1ccc2c(c1)OCO2. The number of thioether (sulfide) groups is 1. The minimum absolute atomic E-state index is 0.0918. The summed E-state index contributed by atoms with van der Waals surface area (Å²) in [7, 11) is 0. The number of amides is 1. The van der Waals surface area contributed by atoms with Crippen LogP contribution in [-0.2, 0) is 17.0 Å². The largest absolute Gasteiger partial charge is 0.454 e. The lowest BCUT2D eigenvalue weighted by atomic mass is 10.1. The molecule has 1 amide bonds. The Labute approximate surface area is 152 Å². The number of hydrogen-bond acceptors (Lipinski definition) is 4. The highest BCUT2D eigenvalue weighted by molar-refractivity contribution is 7.98. The minimum atomic E-state index is 0.0918. The van der Waals surface area contributed by atoms with Crippen LogP contribution in [-0.4, -0.2) is 25.0 Å². The molecule has 1 aliphatic heterocycles. The maximum atomic E-state index is 12.0. The van der Waals surface area contributed by atoms with E-state index < -0.39 is 0 Å². The smallest absolute Gasteiger partial charge is 0.231 e. The van der Waals surface area contributed by atoms with Crippen LogP contribution in [0.25, 0.3) is 0 Å². The summed E-state index contributed by atoms with van der Waals surface area (Å²) < 4.78 is 10.6. The Morgan fingerprint density at radius 3 is 2.88 bits per heavy atom. The van der Waals surface area contributed by atoms with Crippen molar-refractivity contribution >= 4 is 17.7 Å². The fraction of sp³-hybridized carbons (Fsp3) is 0.350. The Kier molecular flexibility index (Phi) is 6.23. The first-order valence-corrected chi connectivity index (χ1v) is 9.65. The van der Waals surface area contributed by atoms with Crippen molar-refractivity contribution in [2.24, 2.45) is 0 Å². The number of aryl methyl sites for hydroxylation is 2. The van der Waals surface area contributed by atoms with Crippen molar-refractivity contribution in [3.05, 3.63) is 59.2 Å². The van der Waals surface area contributed by atoms with Gasteiger partial charge in [0.25, 0.3) is 0 Å². The van der Waals surface area contributed by atoms with Gasteiger partial charge in [-0.2, -0.15) is 11.8 Å². The van der Waals surface area contributed by atoms with E-state index >= 15 is 0 Å². The standard InChI is InChI=1S/C20H23NO3S/c1-15-4-2-3-5-17(15)13-25-11-10-21-20(22)9-7-16-6-8-18-19(12-16)24-14-23-18/h2-6,8,12H,7,9-11,13-14H2,1H3,(H,21,22). The second kappa shape index (κ2) is 8.81. The summed E-state index contributed by atoms with van der Waals surface area (Å²) in [5.74, 6) is 3.54. The molecule has 1 aliphatic rings. The van der Waals surface area contributed by atoms with Gasteiger partial charge in [0.05, 0.1) is 0 Å². The molecule has 2 aromatic rings. The molecule has 2 aromatic carbocycles. The lowest BCUT2D eigenvalue weighted by Crippen LogP contribution is -2.25.